The van der Waals surface area contributed by atoms with Gasteiger partial charge in [-0.05, 0) is 59.1 Å². The van der Waals surface area contributed by atoms with Crippen molar-refractivity contribution in [2.24, 2.45) is 0 Å². The Morgan fingerprint density at radius 2 is 0.619 bits per heavy atom. The molecule has 0 saturated carbocycles. The molecule has 0 fully saturated rings. The number of amides is 2. The second-order valence-corrected chi connectivity index (χ2v) is 18.6. The summed E-state index contributed by atoms with van der Waals surface area (Å²) in [5.41, 5.74) is 1.12. The molecule has 4 nitrogen and oxygen atoms in total. The molecule has 0 aromatic heterocycles. The van der Waals surface area contributed by atoms with E-state index in [2.05, 4.69) is 180 Å². The van der Waals surface area contributed by atoms with Gasteiger partial charge in [0.2, 0.25) is 11.8 Å². The maximum absolute atomic E-state index is 11.1. The third-order valence-electron chi connectivity index (χ3n) is 8.87. The van der Waals surface area contributed by atoms with E-state index in [0.29, 0.717) is 20.9 Å². The van der Waals surface area contributed by atoms with Gasteiger partial charge in [0.25, 0.3) is 0 Å². The van der Waals surface area contributed by atoms with Crippen LogP contribution in [-0.2, 0) is 132 Å². The zero-order valence-corrected chi connectivity index (χ0v) is 47.4. The molecule has 0 aliphatic rings. The van der Waals surface area contributed by atoms with Crippen molar-refractivity contribution < 1.29 is 116 Å². The van der Waals surface area contributed by atoms with Crippen molar-refractivity contribution in [3.8, 4) is 0 Å². The molecular formula is C50H46Au4FeN2O2P2S2. The molecule has 0 atom stereocenters. The Hall–Kier alpha value is -2.26. The van der Waals surface area contributed by atoms with Crippen molar-refractivity contribution in [3.05, 3.63) is 230 Å². The van der Waals surface area contributed by atoms with Crippen LogP contribution in [0.1, 0.15) is 20.7 Å². The molecule has 2 radical (unpaired) electrons. The van der Waals surface area contributed by atoms with E-state index < -0.39 is 15.8 Å². The first-order valence-electron chi connectivity index (χ1n) is 18.8. The number of rotatable bonds is 8. The summed E-state index contributed by atoms with van der Waals surface area (Å²) in [7, 11) is 1.51. The van der Waals surface area contributed by atoms with Gasteiger partial charge < -0.3 is 35.9 Å². The monoisotopic (exact) mass is 1680 g/mol. The van der Waals surface area contributed by atoms with Gasteiger partial charge in [-0.25, -0.2) is 24.3 Å². The van der Waals surface area contributed by atoms with Crippen LogP contribution in [0.15, 0.2) is 228 Å². The number of benzene rings is 6. The van der Waals surface area contributed by atoms with E-state index in [4.69, 9.17) is 25.3 Å². The molecule has 0 bridgehead atoms. The summed E-state index contributed by atoms with van der Waals surface area (Å²) in [6.07, 6.45) is 0. The fourth-order valence-corrected chi connectivity index (χ4v) is 11.7. The van der Waals surface area contributed by atoms with Gasteiger partial charge in [0.05, 0.1) is 21.2 Å². The molecule has 0 spiro atoms. The molecule has 13 heteroatoms. The molecule has 0 saturated heterocycles. The van der Waals surface area contributed by atoms with E-state index in [1.807, 2.05) is 12.1 Å². The summed E-state index contributed by atoms with van der Waals surface area (Å²) in [5.74, 6) is -0.258. The summed E-state index contributed by atoms with van der Waals surface area (Å²) in [6, 6.07) is 74.9. The van der Waals surface area contributed by atoms with E-state index in [0.717, 1.165) is 0 Å². The average Bonchev–Trinajstić information content (AvgIpc) is 4.02. The van der Waals surface area contributed by atoms with Gasteiger partial charge in [-0.3, -0.25) is 9.59 Å². The number of hydrogen-bond acceptors (Lipinski definition) is 4. The van der Waals surface area contributed by atoms with Gasteiger partial charge in [-0.15, -0.1) is 24.3 Å². The molecule has 8 aromatic carbocycles. The van der Waals surface area contributed by atoms with Crippen molar-refractivity contribution in [2.75, 3.05) is 14.1 Å². The summed E-state index contributed by atoms with van der Waals surface area (Å²) < 4.78 is 0. The largest absolute Gasteiger partial charge is 1.00 e. The van der Waals surface area contributed by atoms with Crippen molar-refractivity contribution in [1.29, 1.82) is 0 Å². The number of nitrogens with one attached hydrogen (secondary N) is 2. The van der Waals surface area contributed by atoms with Crippen LogP contribution in [0.3, 0.4) is 0 Å². The minimum Gasteiger partial charge on any atom is -0.779 e. The average molecular weight is 1680 g/mol. The van der Waals surface area contributed by atoms with E-state index >= 15 is 0 Å². The normalized spacial score (nSPS) is 9.33. The Labute approximate surface area is 459 Å². The third kappa shape index (κ3) is 19.2. The van der Waals surface area contributed by atoms with Crippen LogP contribution in [0.4, 0.5) is 0 Å². The van der Waals surface area contributed by atoms with Gasteiger partial charge in [-0.2, -0.15) is 9.79 Å². The molecule has 0 aliphatic carbocycles. The number of carbonyl (C=O) groups is 2. The van der Waals surface area contributed by atoms with Crippen LogP contribution in [0.5, 0.6) is 0 Å². The maximum Gasteiger partial charge on any atom is 1.00 e. The van der Waals surface area contributed by atoms with E-state index in [1.165, 1.54) is 31.8 Å². The Morgan fingerprint density at radius 1 is 0.397 bits per heavy atom. The van der Waals surface area contributed by atoms with Crippen molar-refractivity contribution in [1.82, 2.24) is 10.6 Å². The summed E-state index contributed by atoms with van der Waals surface area (Å²) in [5, 5.41) is 13.7. The first-order valence-corrected chi connectivity index (χ1v) is 22.6. The first kappa shape index (κ1) is 60.7. The van der Waals surface area contributed by atoms with Crippen molar-refractivity contribution in [2.45, 2.75) is 9.79 Å². The SMILES string of the molecule is CNC(=O)c1ccccc1[S-].CNC(=O)c1ccccc1[S-].[Au+].[Au+].[Au].[Au].[Fe].c1ccc([PH+](c2ccccc2)[c-]2cccc2)cc1.c1ccc([PH+](c2ccccc2)[c-]2cccc2)cc1. The first-order chi connectivity index (χ1) is 28.4. The summed E-state index contributed by atoms with van der Waals surface area (Å²) >= 11 is 9.87. The fourth-order valence-electron chi connectivity index (χ4n) is 6.08. The van der Waals surface area contributed by atoms with Gasteiger partial charge in [-0.1, -0.05) is 121 Å². The summed E-state index contributed by atoms with van der Waals surface area (Å²) in [6.45, 7) is 0. The van der Waals surface area contributed by atoms with Crippen LogP contribution in [-0.4, -0.2) is 25.9 Å². The Kier molecular flexibility index (Phi) is 32.9. The zero-order valence-electron chi connectivity index (χ0n) is 34.0. The quantitative estimate of drug-likeness (QED) is 0.0711. The van der Waals surface area contributed by atoms with Gasteiger partial charge in [0.15, 0.2) is 0 Å². The molecule has 0 heterocycles. The van der Waals surface area contributed by atoms with Crippen LogP contribution < -0.4 is 42.5 Å². The molecule has 0 unspecified atom stereocenters. The van der Waals surface area contributed by atoms with Crippen LogP contribution >= 0.6 is 15.8 Å². The minimum absolute atomic E-state index is 0. The molecule has 8 aromatic rings. The maximum atomic E-state index is 11.1. The predicted octanol–water partition coefficient (Wildman–Crippen LogP) is 7.68. The Balaban J connectivity index is 0.000000813. The third-order valence-corrected chi connectivity index (χ3v) is 15.0. The molecule has 8 rings (SSSR count). The van der Waals surface area contributed by atoms with E-state index in [9.17, 15) is 9.59 Å². The molecule has 2 amide bonds. The van der Waals surface area contributed by atoms with Crippen LogP contribution in [0.25, 0.3) is 0 Å². The second-order valence-electron chi connectivity index (χ2n) is 12.7. The minimum atomic E-state index is -0.834. The van der Waals surface area contributed by atoms with Crippen LogP contribution in [0.2, 0.25) is 0 Å². The predicted molar refractivity (Wildman–Crippen MR) is 255 cm³/mol. The molecule has 63 heavy (non-hydrogen) atoms. The Bertz CT molecular complexity index is 2150. The van der Waals surface area contributed by atoms with Gasteiger partial charge in [0.1, 0.15) is 0 Å². The topological polar surface area (TPSA) is 58.2 Å². The molecule has 2 N–H and O–H groups in total. The van der Waals surface area contributed by atoms with Crippen molar-refractivity contribution in [3.63, 3.8) is 0 Å². The Morgan fingerprint density at radius 3 is 0.841 bits per heavy atom. The summed E-state index contributed by atoms with van der Waals surface area (Å²) in [4.78, 5) is 23.3. The van der Waals surface area contributed by atoms with Gasteiger partial charge in [0, 0.05) is 103 Å². The van der Waals surface area contributed by atoms with E-state index in [1.54, 1.807) is 50.5 Å². The number of hydrogen-bond donors (Lipinski definition) is 2. The second kappa shape index (κ2) is 34.1. The smallest absolute Gasteiger partial charge is 0.779 e. The van der Waals surface area contributed by atoms with Crippen molar-refractivity contribution >= 4 is 84.7 Å². The van der Waals surface area contributed by atoms with Gasteiger partial charge >= 0.3 is 44.8 Å². The molecule has 342 valence electrons. The van der Waals surface area contributed by atoms with E-state index in [-0.39, 0.29) is 118 Å². The zero-order chi connectivity index (χ0) is 41.0. The molecule has 0 aliphatic heterocycles. The number of carbonyl (C=O) groups excluding carboxylic acids is 2. The molecular weight excluding hydrogens is 1630 g/mol. The standard InChI is InChI=1S/2C17H15P.2C8H9NOS.4Au.Fe/c2*1-3-9-15(10-4-1)18(17-13-7-8-14-17)16-11-5-2-6-12-16;2*1-9-8(10)6-4-2-3-5-7(6)11;;;;;/h2*1-14,18H;2*2-5,11H,1H3,(H,9,10);;;;;/q;;;;;;2*+1;/p-2. The fraction of sp³-hybridized carbons (Fsp3) is 0.0400. The van der Waals surface area contributed by atoms with Crippen LogP contribution in [0, 0.1) is 0 Å².